The summed E-state index contributed by atoms with van der Waals surface area (Å²) in [6.07, 6.45) is 0. The number of benzene rings is 2. The van der Waals surface area contributed by atoms with E-state index in [-0.39, 0.29) is 12.5 Å². The quantitative estimate of drug-likeness (QED) is 0.501. The SMILES string of the molecule is CCN(CC)C(=O)Cn1c2ccc(Br)cc2c2nc3ccccc3nc21. The van der Waals surface area contributed by atoms with Gasteiger partial charge in [-0.2, -0.15) is 0 Å². The van der Waals surface area contributed by atoms with Gasteiger partial charge < -0.3 is 9.47 Å². The number of aromatic nitrogens is 3. The van der Waals surface area contributed by atoms with Crippen molar-refractivity contribution in [3.63, 3.8) is 0 Å². The normalized spacial score (nSPS) is 11.5. The lowest BCUT2D eigenvalue weighted by atomic mass is 10.2. The number of halogens is 1. The van der Waals surface area contributed by atoms with Gasteiger partial charge in [-0.15, -0.1) is 0 Å². The Labute approximate surface area is 159 Å². The molecule has 0 fully saturated rings. The van der Waals surface area contributed by atoms with Crippen LogP contribution in [-0.4, -0.2) is 38.4 Å². The summed E-state index contributed by atoms with van der Waals surface area (Å²) in [5.41, 5.74) is 4.23. The molecule has 2 heterocycles. The first-order valence-electron chi connectivity index (χ1n) is 8.74. The average Bonchev–Trinajstić information content (AvgIpc) is 2.93. The van der Waals surface area contributed by atoms with Crippen molar-refractivity contribution in [1.29, 1.82) is 0 Å². The van der Waals surface area contributed by atoms with Gasteiger partial charge in [-0.05, 0) is 44.2 Å². The van der Waals surface area contributed by atoms with Gasteiger partial charge >= 0.3 is 0 Å². The van der Waals surface area contributed by atoms with Crippen molar-refractivity contribution in [2.75, 3.05) is 13.1 Å². The van der Waals surface area contributed by atoms with E-state index in [0.717, 1.165) is 37.6 Å². The number of fused-ring (bicyclic) bond motifs is 4. The summed E-state index contributed by atoms with van der Waals surface area (Å²) in [5.74, 6) is 0.0895. The summed E-state index contributed by atoms with van der Waals surface area (Å²) in [6.45, 7) is 5.66. The first-order valence-corrected chi connectivity index (χ1v) is 9.53. The number of carbonyl (C=O) groups excluding carboxylic acids is 1. The minimum atomic E-state index is 0.0895. The van der Waals surface area contributed by atoms with Gasteiger partial charge in [0.2, 0.25) is 5.91 Å². The Hall–Kier alpha value is -2.47. The maximum absolute atomic E-state index is 12.7. The summed E-state index contributed by atoms with van der Waals surface area (Å²) in [5, 5.41) is 1.000. The van der Waals surface area contributed by atoms with Gasteiger partial charge in [0.15, 0.2) is 5.65 Å². The predicted octanol–water partition coefficient (Wildman–Crippen LogP) is 4.37. The van der Waals surface area contributed by atoms with E-state index in [1.54, 1.807) is 0 Å². The van der Waals surface area contributed by atoms with Crippen LogP contribution in [0.15, 0.2) is 46.9 Å². The van der Waals surface area contributed by atoms with E-state index in [4.69, 9.17) is 9.97 Å². The molecule has 0 aliphatic carbocycles. The summed E-state index contributed by atoms with van der Waals surface area (Å²) in [4.78, 5) is 24.2. The maximum atomic E-state index is 12.7. The van der Waals surface area contributed by atoms with Crippen LogP contribution in [-0.2, 0) is 11.3 Å². The molecule has 2 aromatic heterocycles. The number of nitrogens with zero attached hydrogens (tertiary/aromatic N) is 4. The van der Waals surface area contributed by atoms with Crippen LogP contribution in [0, 0.1) is 0 Å². The van der Waals surface area contributed by atoms with Crippen LogP contribution in [0.1, 0.15) is 13.8 Å². The van der Waals surface area contributed by atoms with Crippen LogP contribution < -0.4 is 0 Å². The number of rotatable bonds is 4. The van der Waals surface area contributed by atoms with E-state index in [9.17, 15) is 4.79 Å². The highest BCUT2D eigenvalue weighted by Crippen LogP contribution is 2.30. The van der Waals surface area contributed by atoms with Gasteiger partial charge in [0, 0.05) is 22.9 Å². The van der Waals surface area contributed by atoms with Gasteiger partial charge in [-0.1, -0.05) is 28.1 Å². The molecule has 0 spiro atoms. The van der Waals surface area contributed by atoms with Crippen molar-refractivity contribution in [1.82, 2.24) is 19.4 Å². The first-order chi connectivity index (χ1) is 12.6. The van der Waals surface area contributed by atoms with E-state index in [2.05, 4.69) is 15.9 Å². The number of hydrogen-bond donors (Lipinski definition) is 0. The highest BCUT2D eigenvalue weighted by Gasteiger charge is 2.18. The molecule has 4 rings (SSSR count). The fourth-order valence-electron chi connectivity index (χ4n) is 3.38. The average molecular weight is 411 g/mol. The highest BCUT2D eigenvalue weighted by atomic mass is 79.9. The van der Waals surface area contributed by atoms with Gasteiger partial charge in [-0.3, -0.25) is 4.79 Å². The zero-order chi connectivity index (χ0) is 18.3. The van der Waals surface area contributed by atoms with E-state index in [0.29, 0.717) is 13.1 Å². The van der Waals surface area contributed by atoms with Crippen molar-refractivity contribution >= 4 is 54.9 Å². The molecule has 0 N–H and O–H groups in total. The van der Waals surface area contributed by atoms with Crippen molar-refractivity contribution in [3.8, 4) is 0 Å². The Kier molecular flexibility index (Phi) is 4.36. The minimum Gasteiger partial charge on any atom is -0.342 e. The molecular weight excluding hydrogens is 392 g/mol. The summed E-state index contributed by atoms with van der Waals surface area (Å²) in [7, 11) is 0. The lowest BCUT2D eigenvalue weighted by Gasteiger charge is -2.19. The Morgan fingerprint density at radius 2 is 1.77 bits per heavy atom. The number of amides is 1. The van der Waals surface area contributed by atoms with Crippen LogP contribution in [0.2, 0.25) is 0 Å². The lowest BCUT2D eigenvalue weighted by molar-refractivity contribution is -0.131. The number of para-hydroxylation sites is 2. The number of hydrogen-bond acceptors (Lipinski definition) is 3. The largest absolute Gasteiger partial charge is 0.342 e. The molecule has 26 heavy (non-hydrogen) atoms. The monoisotopic (exact) mass is 410 g/mol. The second-order valence-corrected chi connectivity index (χ2v) is 7.11. The number of carbonyl (C=O) groups is 1. The Bertz CT molecular complexity index is 1130. The molecule has 0 aliphatic rings. The second kappa shape index (κ2) is 6.68. The summed E-state index contributed by atoms with van der Waals surface area (Å²) < 4.78 is 2.96. The molecule has 6 heteroatoms. The maximum Gasteiger partial charge on any atom is 0.242 e. The summed E-state index contributed by atoms with van der Waals surface area (Å²) in [6, 6.07) is 13.9. The number of likely N-dealkylation sites (N-methyl/N-ethyl adjacent to an activating group) is 1. The predicted molar refractivity (Wildman–Crippen MR) is 108 cm³/mol. The fourth-order valence-corrected chi connectivity index (χ4v) is 3.74. The van der Waals surface area contributed by atoms with Crippen molar-refractivity contribution in [2.24, 2.45) is 0 Å². The van der Waals surface area contributed by atoms with Crippen molar-refractivity contribution in [2.45, 2.75) is 20.4 Å². The fraction of sp³-hybridized carbons (Fsp3) is 0.250. The molecule has 0 radical (unpaired) electrons. The molecular formula is C20H19BrN4O. The highest BCUT2D eigenvalue weighted by molar-refractivity contribution is 9.10. The van der Waals surface area contributed by atoms with Gasteiger partial charge in [0.25, 0.3) is 0 Å². The zero-order valence-electron chi connectivity index (χ0n) is 14.7. The van der Waals surface area contributed by atoms with Gasteiger partial charge in [0.05, 0.1) is 16.6 Å². The Balaban J connectivity index is 1.99. The lowest BCUT2D eigenvalue weighted by Crippen LogP contribution is -2.33. The molecule has 0 aliphatic heterocycles. The molecule has 132 valence electrons. The van der Waals surface area contributed by atoms with E-state index >= 15 is 0 Å². The molecule has 4 aromatic rings. The molecule has 0 saturated heterocycles. The first kappa shape index (κ1) is 17.0. The Morgan fingerprint density at radius 3 is 2.46 bits per heavy atom. The van der Waals surface area contributed by atoms with Crippen molar-refractivity contribution in [3.05, 3.63) is 46.9 Å². The smallest absolute Gasteiger partial charge is 0.242 e. The second-order valence-electron chi connectivity index (χ2n) is 6.20. The van der Waals surface area contributed by atoms with Gasteiger partial charge in [-0.25, -0.2) is 9.97 Å². The molecule has 0 unspecified atom stereocenters. The van der Waals surface area contributed by atoms with Gasteiger partial charge in [0.1, 0.15) is 12.1 Å². The third-order valence-corrected chi connectivity index (χ3v) is 5.22. The van der Waals surface area contributed by atoms with Crippen LogP contribution >= 0.6 is 15.9 Å². The van der Waals surface area contributed by atoms with Crippen LogP contribution in [0.5, 0.6) is 0 Å². The van der Waals surface area contributed by atoms with Crippen molar-refractivity contribution < 1.29 is 4.79 Å². The van der Waals surface area contributed by atoms with E-state index < -0.39 is 0 Å². The van der Waals surface area contributed by atoms with Crippen LogP contribution in [0.25, 0.3) is 33.1 Å². The third kappa shape index (κ3) is 2.74. The molecule has 0 saturated carbocycles. The van der Waals surface area contributed by atoms with E-state index in [1.807, 2.05) is 65.8 Å². The zero-order valence-corrected chi connectivity index (χ0v) is 16.3. The molecule has 0 bridgehead atoms. The Morgan fingerprint density at radius 1 is 1.08 bits per heavy atom. The topological polar surface area (TPSA) is 51.0 Å². The molecule has 1 amide bonds. The molecule has 5 nitrogen and oxygen atoms in total. The molecule has 2 aromatic carbocycles. The van der Waals surface area contributed by atoms with E-state index in [1.165, 1.54) is 0 Å². The third-order valence-electron chi connectivity index (χ3n) is 4.72. The minimum absolute atomic E-state index is 0.0895. The van der Waals surface area contributed by atoms with Crippen LogP contribution in [0.4, 0.5) is 0 Å². The standard InChI is InChI=1S/C20H19BrN4O/c1-3-24(4-2)18(26)12-25-17-10-9-13(21)11-14(17)19-20(25)23-16-8-6-5-7-15(16)22-19/h5-11H,3-4,12H2,1-2H3. The summed E-state index contributed by atoms with van der Waals surface area (Å²) >= 11 is 3.54. The van der Waals surface area contributed by atoms with Crippen LogP contribution in [0.3, 0.4) is 0 Å². The molecule has 0 atom stereocenters.